The number of ether oxygens (including phenoxy) is 2. The standard InChI is InChI=1S/C12H28O2Si/c1-6-13-12(14-7-2)10-11-15(5,8-3)9-4/h12H,6-11H2,1-5H3. The lowest BCUT2D eigenvalue weighted by atomic mass is 10.4. The van der Waals surface area contributed by atoms with Crippen LogP contribution in [0.1, 0.15) is 34.1 Å². The van der Waals surface area contributed by atoms with Gasteiger partial charge in [0.15, 0.2) is 6.29 Å². The monoisotopic (exact) mass is 232 g/mol. The molecule has 15 heavy (non-hydrogen) atoms. The zero-order valence-corrected chi connectivity index (χ0v) is 12.1. The third-order valence-corrected chi connectivity index (χ3v) is 8.31. The van der Waals surface area contributed by atoms with E-state index in [1.165, 1.54) is 18.1 Å². The molecular formula is C12H28O2Si. The van der Waals surface area contributed by atoms with Crippen molar-refractivity contribution >= 4 is 8.07 Å². The minimum absolute atomic E-state index is 0.0323. The Labute approximate surface area is 96.4 Å². The SMILES string of the molecule is CCOC(CC[Si](C)(CC)CC)OCC. The minimum Gasteiger partial charge on any atom is -0.353 e. The smallest absolute Gasteiger partial charge is 0.157 e. The van der Waals surface area contributed by atoms with E-state index in [1.807, 2.05) is 13.8 Å². The van der Waals surface area contributed by atoms with Crippen molar-refractivity contribution in [3.05, 3.63) is 0 Å². The van der Waals surface area contributed by atoms with E-state index in [0.717, 1.165) is 19.6 Å². The highest BCUT2D eigenvalue weighted by atomic mass is 28.3. The molecule has 92 valence electrons. The Morgan fingerprint density at radius 3 is 1.73 bits per heavy atom. The van der Waals surface area contributed by atoms with Crippen molar-refractivity contribution in [3.63, 3.8) is 0 Å². The highest BCUT2D eigenvalue weighted by Crippen LogP contribution is 2.23. The Kier molecular flexibility index (Phi) is 8.38. The summed E-state index contributed by atoms with van der Waals surface area (Å²) >= 11 is 0. The van der Waals surface area contributed by atoms with Crippen LogP contribution in [0.25, 0.3) is 0 Å². The van der Waals surface area contributed by atoms with E-state index >= 15 is 0 Å². The van der Waals surface area contributed by atoms with Crippen molar-refractivity contribution in [2.24, 2.45) is 0 Å². The molecule has 0 aliphatic heterocycles. The largest absolute Gasteiger partial charge is 0.353 e. The van der Waals surface area contributed by atoms with E-state index in [9.17, 15) is 0 Å². The van der Waals surface area contributed by atoms with E-state index in [-0.39, 0.29) is 6.29 Å². The molecule has 0 saturated heterocycles. The Hall–Kier alpha value is 0.137. The second-order valence-electron chi connectivity index (χ2n) is 4.40. The highest BCUT2D eigenvalue weighted by Gasteiger charge is 2.23. The zero-order valence-electron chi connectivity index (χ0n) is 11.1. The number of hydrogen-bond donors (Lipinski definition) is 0. The number of hydrogen-bond acceptors (Lipinski definition) is 2. The predicted octanol–water partition coefficient (Wildman–Crippen LogP) is 3.89. The van der Waals surface area contributed by atoms with Crippen molar-refractivity contribution in [2.45, 2.75) is 65.1 Å². The lowest BCUT2D eigenvalue weighted by Gasteiger charge is -2.26. The molecule has 0 spiro atoms. The van der Waals surface area contributed by atoms with Crippen molar-refractivity contribution in [1.29, 1.82) is 0 Å². The summed E-state index contributed by atoms with van der Waals surface area (Å²) in [5.41, 5.74) is 0. The van der Waals surface area contributed by atoms with Gasteiger partial charge in [0.1, 0.15) is 0 Å². The topological polar surface area (TPSA) is 18.5 Å². The Morgan fingerprint density at radius 1 is 0.933 bits per heavy atom. The maximum absolute atomic E-state index is 5.57. The first-order chi connectivity index (χ1) is 7.11. The quantitative estimate of drug-likeness (QED) is 0.443. The lowest BCUT2D eigenvalue weighted by molar-refractivity contribution is -0.136. The molecule has 3 heteroatoms. The molecule has 0 N–H and O–H groups in total. The van der Waals surface area contributed by atoms with Crippen LogP contribution in [0.15, 0.2) is 0 Å². The van der Waals surface area contributed by atoms with Crippen molar-refractivity contribution in [2.75, 3.05) is 13.2 Å². The van der Waals surface area contributed by atoms with Crippen LogP contribution in [0.4, 0.5) is 0 Å². The van der Waals surface area contributed by atoms with Gasteiger partial charge in [0, 0.05) is 13.2 Å². The van der Waals surface area contributed by atoms with Crippen LogP contribution < -0.4 is 0 Å². The van der Waals surface area contributed by atoms with Crippen LogP contribution in [0.3, 0.4) is 0 Å². The van der Waals surface area contributed by atoms with Crippen LogP contribution in [0, 0.1) is 0 Å². The third-order valence-electron chi connectivity index (χ3n) is 3.40. The molecular weight excluding hydrogens is 204 g/mol. The van der Waals surface area contributed by atoms with Crippen LogP contribution in [-0.4, -0.2) is 27.6 Å². The molecule has 0 aromatic heterocycles. The van der Waals surface area contributed by atoms with Gasteiger partial charge in [-0.15, -0.1) is 0 Å². The van der Waals surface area contributed by atoms with Gasteiger partial charge < -0.3 is 9.47 Å². The molecule has 0 amide bonds. The minimum atomic E-state index is -0.978. The Balaban J connectivity index is 3.95. The van der Waals surface area contributed by atoms with Gasteiger partial charge in [-0.05, 0) is 20.3 Å². The summed E-state index contributed by atoms with van der Waals surface area (Å²) in [4.78, 5) is 0. The van der Waals surface area contributed by atoms with E-state index < -0.39 is 8.07 Å². The third kappa shape index (κ3) is 6.33. The van der Waals surface area contributed by atoms with Crippen LogP contribution in [0.5, 0.6) is 0 Å². The van der Waals surface area contributed by atoms with Crippen LogP contribution in [0.2, 0.25) is 24.7 Å². The van der Waals surface area contributed by atoms with Crippen molar-refractivity contribution in [3.8, 4) is 0 Å². The maximum atomic E-state index is 5.57. The molecule has 0 aromatic rings. The van der Waals surface area contributed by atoms with E-state index in [0.29, 0.717) is 0 Å². The summed E-state index contributed by atoms with van der Waals surface area (Å²) in [7, 11) is -0.978. The molecule has 0 aliphatic rings. The van der Waals surface area contributed by atoms with Crippen LogP contribution >= 0.6 is 0 Å². The van der Waals surface area contributed by atoms with Gasteiger partial charge in [-0.3, -0.25) is 0 Å². The van der Waals surface area contributed by atoms with E-state index in [4.69, 9.17) is 9.47 Å². The average Bonchev–Trinajstić information content (AvgIpc) is 2.26. The number of rotatable bonds is 9. The molecule has 0 aromatic carbocycles. The molecule has 0 aliphatic carbocycles. The van der Waals surface area contributed by atoms with Gasteiger partial charge in [-0.1, -0.05) is 38.5 Å². The summed E-state index contributed by atoms with van der Waals surface area (Å²) in [6.45, 7) is 12.7. The van der Waals surface area contributed by atoms with Gasteiger partial charge in [0.25, 0.3) is 0 Å². The molecule has 0 saturated carbocycles. The fraction of sp³-hybridized carbons (Fsp3) is 1.00. The molecule has 0 unspecified atom stereocenters. The van der Waals surface area contributed by atoms with E-state index in [1.54, 1.807) is 0 Å². The highest BCUT2D eigenvalue weighted by molar-refractivity contribution is 6.78. The van der Waals surface area contributed by atoms with Crippen molar-refractivity contribution in [1.82, 2.24) is 0 Å². The molecule has 0 bridgehead atoms. The van der Waals surface area contributed by atoms with Gasteiger partial charge in [-0.25, -0.2) is 0 Å². The van der Waals surface area contributed by atoms with Gasteiger partial charge in [0.2, 0.25) is 0 Å². The molecule has 0 radical (unpaired) electrons. The fourth-order valence-electron chi connectivity index (χ4n) is 1.66. The molecule has 0 rings (SSSR count). The summed E-state index contributed by atoms with van der Waals surface area (Å²) < 4.78 is 11.1. The zero-order chi connectivity index (χ0) is 11.7. The second-order valence-corrected chi connectivity index (χ2v) is 9.93. The van der Waals surface area contributed by atoms with E-state index in [2.05, 4.69) is 20.4 Å². The lowest BCUT2D eigenvalue weighted by Crippen LogP contribution is -2.30. The Bertz CT molecular complexity index is 141. The average molecular weight is 232 g/mol. The molecule has 0 heterocycles. The summed E-state index contributed by atoms with van der Waals surface area (Å²) in [5.74, 6) is 0. The maximum Gasteiger partial charge on any atom is 0.157 e. The second kappa shape index (κ2) is 8.31. The molecule has 0 atom stereocenters. The molecule has 0 fully saturated rings. The Morgan fingerprint density at radius 2 is 1.40 bits per heavy atom. The van der Waals surface area contributed by atoms with Gasteiger partial charge in [-0.2, -0.15) is 0 Å². The fourth-order valence-corrected chi connectivity index (χ4v) is 3.80. The first kappa shape index (κ1) is 15.1. The normalized spacial score (nSPS) is 12.4. The first-order valence-corrected chi connectivity index (χ1v) is 9.47. The summed E-state index contributed by atoms with van der Waals surface area (Å²) in [6.07, 6.45) is 1.11. The predicted molar refractivity (Wildman–Crippen MR) is 69.0 cm³/mol. The van der Waals surface area contributed by atoms with Crippen molar-refractivity contribution < 1.29 is 9.47 Å². The summed E-state index contributed by atoms with van der Waals surface area (Å²) in [6, 6.07) is 4.06. The van der Waals surface area contributed by atoms with Crippen LogP contribution in [-0.2, 0) is 9.47 Å². The summed E-state index contributed by atoms with van der Waals surface area (Å²) in [5, 5.41) is 0. The molecule has 2 nitrogen and oxygen atoms in total. The van der Waals surface area contributed by atoms with Gasteiger partial charge >= 0.3 is 0 Å². The van der Waals surface area contributed by atoms with Gasteiger partial charge in [0.05, 0.1) is 8.07 Å². The first-order valence-electron chi connectivity index (χ1n) is 6.35.